The van der Waals surface area contributed by atoms with E-state index in [0.717, 1.165) is 12.0 Å². The summed E-state index contributed by atoms with van der Waals surface area (Å²) in [6.07, 6.45) is 1.53. The zero-order chi connectivity index (χ0) is 15.6. The summed E-state index contributed by atoms with van der Waals surface area (Å²) in [5, 5.41) is 2.92. The first-order valence-corrected chi connectivity index (χ1v) is 8.94. The van der Waals surface area contributed by atoms with Crippen molar-refractivity contribution in [3.05, 3.63) is 29.3 Å². The number of sulfonamides is 1. The van der Waals surface area contributed by atoms with Gasteiger partial charge in [-0.1, -0.05) is 6.92 Å². The lowest BCUT2D eigenvalue weighted by Crippen LogP contribution is -2.32. The number of anilines is 1. The summed E-state index contributed by atoms with van der Waals surface area (Å²) in [6, 6.07) is 5.36. The molecule has 0 fully saturated rings. The zero-order valence-corrected chi connectivity index (χ0v) is 13.5. The topological polar surface area (TPSA) is 66.5 Å². The van der Waals surface area contributed by atoms with E-state index in [4.69, 9.17) is 0 Å². The molecule has 21 heavy (non-hydrogen) atoms. The van der Waals surface area contributed by atoms with Crippen LogP contribution in [0, 0.1) is 0 Å². The molecule has 1 unspecified atom stereocenters. The number of fused-ring (bicyclic) bond motifs is 1. The Bertz CT molecular complexity index is 640. The van der Waals surface area contributed by atoms with Crippen molar-refractivity contribution in [1.29, 1.82) is 0 Å². The third-order valence-corrected chi connectivity index (χ3v) is 5.67. The lowest BCUT2D eigenvalue weighted by Gasteiger charge is -2.18. The molecule has 1 amide bonds. The normalized spacial score (nSPS) is 15.7. The van der Waals surface area contributed by atoms with Crippen molar-refractivity contribution in [2.24, 2.45) is 0 Å². The highest BCUT2D eigenvalue weighted by Gasteiger charge is 2.28. The third-order valence-electron chi connectivity index (χ3n) is 3.89. The third kappa shape index (κ3) is 3.20. The van der Waals surface area contributed by atoms with Gasteiger partial charge in [-0.2, -0.15) is 0 Å². The number of hydrogen-bond acceptors (Lipinski definition) is 3. The van der Waals surface area contributed by atoms with Crippen LogP contribution >= 0.6 is 0 Å². The van der Waals surface area contributed by atoms with E-state index in [1.807, 2.05) is 13.8 Å². The highest BCUT2D eigenvalue weighted by molar-refractivity contribution is 7.92. The van der Waals surface area contributed by atoms with Crippen molar-refractivity contribution in [2.75, 3.05) is 16.6 Å². The Labute approximate surface area is 126 Å². The van der Waals surface area contributed by atoms with Crippen LogP contribution in [-0.4, -0.2) is 32.7 Å². The molecular formula is C15H22N2O3S. The molecular weight excluding hydrogens is 288 g/mol. The summed E-state index contributed by atoms with van der Waals surface area (Å²) >= 11 is 0. The fraction of sp³-hybridized carbons (Fsp3) is 0.533. The number of nitrogens with one attached hydrogen (secondary N) is 1. The van der Waals surface area contributed by atoms with Crippen LogP contribution < -0.4 is 9.62 Å². The first kappa shape index (κ1) is 15.8. The molecule has 0 spiro atoms. The van der Waals surface area contributed by atoms with Crippen molar-refractivity contribution in [3.8, 4) is 0 Å². The molecule has 1 atom stereocenters. The number of carbonyl (C=O) groups is 1. The summed E-state index contributed by atoms with van der Waals surface area (Å²) in [7, 11) is -3.23. The van der Waals surface area contributed by atoms with Gasteiger partial charge in [-0.25, -0.2) is 8.42 Å². The van der Waals surface area contributed by atoms with E-state index in [1.165, 1.54) is 4.31 Å². The minimum Gasteiger partial charge on any atom is -0.350 e. The fourth-order valence-electron chi connectivity index (χ4n) is 2.37. The smallest absolute Gasteiger partial charge is 0.251 e. The molecule has 0 bridgehead atoms. The van der Waals surface area contributed by atoms with Crippen LogP contribution in [0.1, 0.15) is 43.1 Å². The maximum absolute atomic E-state index is 12.1. The van der Waals surface area contributed by atoms with E-state index in [-0.39, 0.29) is 17.7 Å². The summed E-state index contributed by atoms with van der Waals surface area (Å²) < 4.78 is 25.5. The van der Waals surface area contributed by atoms with Crippen molar-refractivity contribution in [2.45, 2.75) is 39.7 Å². The number of nitrogens with zero attached hydrogens (tertiary/aromatic N) is 1. The molecule has 1 heterocycles. The predicted molar refractivity (Wildman–Crippen MR) is 84.2 cm³/mol. The van der Waals surface area contributed by atoms with Crippen molar-refractivity contribution < 1.29 is 13.2 Å². The van der Waals surface area contributed by atoms with Gasteiger partial charge < -0.3 is 5.32 Å². The standard InChI is InChI=1S/C15H22N2O3S/c1-4-11(3)16-15(18)13-6-7-14-12(10-13)8-9-17(14)21(19,20)5-2/h6-7,10-11H,4-5,8-9H2,1-3H3,(H,16,18). The second-order valence-electron chi connectivity index (χ2n) is 5.35. The highest BCUT2D eigenvalue weighted by atomic mass is 32.2. The average Bonchev–Trinajstić information content (AvgIpc) is 2.90. The molecule has 5 nitrogen and oxygen atoms in total. The van der Waals surface area contributed by atoms with Gasteiger partial charge in [0, 0.05) is 18.2 Å². The highest BCUT2D eigenvalue weighted by Crippen LogP contribution is 2.31. The average molecular weight is 310 g/mol. The van der Waals surface area contributed by atoms with Crippen molar-refractivity contribution in [1.82, 2.24) is 5.32 Å². The Morgan fingerprint density at radius 1 is 1.38 bits per heavy atom. The zero-order valence-electron chi connectivity index (χ0n) is 12.7. The monoisotopic (exact) mass is 310 g/mol. The molecule has 2 rings (SSSR count). The maximum Gasteiger partial charge on any atom is 0.251 e. The molecule has 0 saturated heterocycles. The minimum atomic E-state index is -3.23. The van der Waals surface area contributed by atoms with E-state index in [2.05, 4.69) is 5.32 Å². The van der Waals surface area contributed by atoms with Gasteiger partial charge in [0.25, 0.3) is 5.91 Å². The Hall–Kier alpha value is -1.56. The molecule has 0 radical (unpaired) electrons. The number of carbonyl (C=O) groups excluding carboxylic acids is 1. The first-order valence-electron chi connectivity index (χ1n) is 7.33. The van der Waals surface area contributed by atoms with Gasteiger partial charge in [0.05, 0.1) is 11.4 Å². The van der Waals surface area contributed by atoms with E-state index < -0.39 is 10.0 Å². The van der Waals surface area contributed by atoms with Gasteiger partial charge in [0.15, 0.2) is 0 Å². The molecule has 1 aliphatic heterocycles. The van der Waals surface area contributed by atoms with Gasteiger partial charge in [-0.3, -0.25) is 9.10 Å². The second-order valence-corrected chi connectivity index (χ2v) is 7.53. The number of benzene rings is 1. The molecule has 116 valence electrons. The Morgan fingerprint density at radius 2 is 2.10 bits per heavy atom. The van der Waals surface area contributed by atoms with Crippen LogP contribution in [0.3, 0.4) is 0 Å². The second kappa shape index (κ2) is 6.05. The van der Waals surface area contributed by atoms with Crippen molar-refractivity contribution in [3.63, 3.8) is 0 Å². The molecule has 0 aromatic heterocycles. The number of amides is 1. The van der Waals surface area contributed by atoms with Crippen LogP contribution in [0.4, 0.5) is 5.69 Å². The Kier molecular flexibility index (Phi) is 4.56. The minimum absolute atomic E-state index is 0.0860. The van der Waals surface area contributed by atoms with Crippen molar-refractivity contribution >= 4 is 21.6 Å². The van der Waals surface area contributed by atoms with Crippen LogP contribution in [0.5, 0.6) is 0 Å². The van der Waals surface area contributed by atoms with Gasteiger partial charge in [0.1, 0.15) is 0 Å². The Morgan fingerprint density at radius 3 is 2.71 bits per heavy atom. The lowest BCUT2D eigenvalue weighted by molar-refractivity contribution is 0.0939. The quantitative estimate of drug-likeness (QED) is 0.903. The summed E-state index contributed by atoms with van der Waals surface area (Å²) in [5.74, 6) is -0.0215. The van der Waals surface area contributed by atoms with E-state index in [0.29, 0.717) is 24.2 Å². The van der Waals surface area contributed by atoms with E-state index >= 15 is 0 Å². The van der Waals surface area contributed by atoms with E-state index in [1.54, 1.807) is 25.1 Å². The molecule has 1 aromatic carbocycles. The largest absolute Gasteiger partial charge is 0.350 e. The molecule has 0 saturated carbocycles. The number of hydrogen-bond donors (Lipinski definition) is 1. The van der Waals surface area contributed by atoms with Gasteiger partial charge in [-0.15, -0.1) is 0 Å². The molecule has 0 aliphatic carbocycles. The van der Waals surface area contributed by atoms with Crippen LogP contribution in [0.15, 0.2) is 18.2 Å². The summed E-state index contributed by atoms with van der Waals surface area (Å²) in [6.45, 7) is 6.07. The molecule has 1 aromatic rings. The predicted octanol–water partition coefficient (Wildman–Crippen LogP) is 1.93. The summed E-state index contributed by atoms with van der Waals surface area (Å²) in [4.78, 5) is 12.1. The summed E-state index contributed by atoms with van der Waals surface area (Å²) in [5.41, 5.74) is 2.21. The van der Waals surface area contributed by atoms with Crippen LogP contribution in [0.25, 0.3) is 0 Å². The molecule has 1 aliphatic rings. The fourth-order valence-corrected chi connectivity index (χ4v) is 3.53. The van der Waals surface area contributed by atoms with Crippen LogP contribution in [-0.2, 0) is 16.4 Å². The first-order chi connectivity index (χ1) is 9.89. The van der Waals surface area contributed by atoms with Gasteiger partial charge >= 0.3 is 0 Å². The van der Waals surface area contributed by atoms with E-state index in [9.17, 15) is 13.2 Å². The van der Waals surface area contributed by atoms with Gasteiger partial charge in [-0.05, 0) is 50.5 Å². The maximum atomic E-state index is 12.1. The molecule has 6 heteroatoms. The van der Waals surface area contributed by atoms with Crippen LogP contribution in [0.2, 0.25) is 0 Å². The van der Waals surface area contributed by atoms with Gasteiger partial charge in [0.2, 0.25) is 10.0 Å². The Balaban J connectivity index is 2.25. The SMILES string of the molecule is CCC(C)NC(=O)c1ccc2c(c1)CCN2S(=O)(=O)CC. The number of rotatable bonds is 5. The lowest BCUT2D eigenvalue weighted by atomic mass is 10.1. The molecule has 1 N–H and O–H groups in total.